The number of benzene rings is 1. The summed E-state index contributed by atoms with van der Waals surface area (Å²) in [7, 11) is 3.06. The van der Waals surface area contributed by atoms with Gasteiger partial charge in [0, 0.05) is 37.8 Å². The SMILES string of the molecule is COc1cc(F)c(CN2CC[C@@]3(CCCN(CC4CC4)C3=O)C2)cc1OC. The van der Waals surface area contributed by atoms with Crippen LogP contribution < -0.4 is 9.47 Å². The van der Waals surface area contributed by atoms with Crippen LogP contribution in [0.2, 0.25) is 0 Å². The Morgan fingerprint density at radius 3 is 2.59 bits per heavy atom. The minimum Gasteiger partial charge on any atom is -0.493 e. The van der Waals surface area contributed by atoms with Gasteiger partial charge in [-0.05, 0) is 50.6 Å². The zero-order chi connectivity index (χ0) is 19.0. The van der Waals surface area contributed by atoms with E-state index in [1.807, 2.05) is 0 Å². The number of rotatable bonds is 6. The molecule has 2 aliphatic heterocycles. The molecule has 3 fully saturated rings. The molecule has 1 aliphatic carbocycles. The second kappa shape index (κ2) is 7.30. The molecule has 1 spiro atoms. The number of piperidine rings is 1. The minimum atomic E-state index is -0.293. The number of amides is 1. The summed E-state index contributed by atoms with van der Waals surface area (Å²) in [6.45, 7) is 3.88. The van der Waals surface area contributed by atoms with Gasteiger partial charge in [0.25, 0.3) is 0 Å². The van der Waals surface area contributed by atoms with Gasteiger partial charge in [-0.25, -0.2) is 4.39 Å². The van der Waals surface area contributed by atoms with Crippen molar-refractivity contribution in [1.82, 2.24) is 9.80 Å². The molecule has 2 saturated heterocycles. The Hall–Kier alpha value is -1.82. The van der Waals surface area contributed by atoms with Gasteiger partial charge < -0.3 is 14.4 Å². The monoisotopic (exact) mass is 376 g/mol. The first-order valence-corrected chi connectivity index (χ1v) is 9.97. The lowest BCUT2D eigenvalue weighted by atomic mass is 9.78. The van der Waals surface area contributed by atoms with E-state index in [0.29, 0.717) is 29.5 Å². The van der Waals surface area contributed by atoms with Crippen LogP contribution in [0.25, 0.3) is 0 Å². The van der Waals surface area contributed by atoms with Crippen LogP contribution in [-0.2, 0) is 11.3 Å². The highest BCUT2D eigenvalue weighted by atomic mass is 19.1. The first-order valence-electron chi connectivity index (χ1n) is 9.97. The molecule has 0 aromatic heterocycles. The van der Waals surface area contributed by atoms with Crippen molar-refractivity contribution < 1.29 is 18.7 Å². The molecule has 6 heteroatoms. The van der Waals surface area contributed by atoms with Crippen LogP contribution >= 0.6 is 0 Å². The van der Waals surface area contributed by atoms with E-state index in [4.69, 9.17) is 9.47 Å². The highest BCUT2D eigenvalue weighted by Crippen LogP contribution is 2.42. The second-order valence-corrected chi connectivity index (χ2v) is 8.34. The molecule has 27 heavy (non-hydrogen) atoms. The number of nitrogens with zero attached hydrogens (tertiary/aromatic N) is 2. The molecule has 5 nitrogen and oxygen atoms in total. The van der Waals surface area contributed by atoms with Crippen molar-refractivity contribution in [1.29, 1.82) is 0 Å². The lowest BCUT2D eigenvalue weighted by molar-refractivity contribution is -0.145. The molecule has 0 unspecified atom stereocenters. The average molecular weight is 376 g/mol. The maximum atomic E-state index is 14.5. The zero-order valence-corrected chi connectivity index (χ0v) is 16.3. The van der Waals surface area contributed by atoms with Gasteiger partial charge in [-0.15, -0.1) is 0 Å². The molecule has 148 valence electrons. The van der Waals surface area contributed by atoms with Crippen LogP contribution in [0.1, 0.15) is 37.7 Å². The predicted octanol–water partition coefficient (Wildman–Crippen LogP) is 3.07. The number of carbonyl (C=O) groups excluding carboxylic acids is 1. The van der Waals surface area contributed by atoms with E-state index in [-0.39, 0.29) is 11.2 Å². The molecule has 0 bridgehead atoms. The third-order valence-electron chi connectivity index (χ3n) is 6.38. The van der Waals surface area contributed by atoms with Crippen molar-refractivity contribution in [2.75, 3.05) is 40.4 Å². The zero-order valence-electron chi connectivity index (χ0n) is 16.3. The Kier molecular flexibility index (Phi) is 5.01. The van der Waals surface area contributed by atoms with Crippen LogP contribution in [0.3, 0.4) is 0 Å². The van der Waals surface area contributed by atoms with E-state index < -0.39 is 0 Å². The maximum absolute atomic E-state index is 14.5. The Balaban J connectivity index is 1.45. The van der Waals surface area contributed by atoms with E-state index in [0.717, 1.165) is 51.4 Å². The lowest BCUT2D eigenvalue weighted by Crippen LogP contribution is -2.50. The maximum Gasteiger partial charge on any atom is 0.230 e. The van der Waals surface area contributed by atoms with E-state index in [2.05, 4.69) is 9.80 Å². The van der Waals surface area contributed by atoms with Gasteiger partial charge in [0.1, 0.15) is 5.82 Å². The van der Waals surface area contributed by atoms with Gasteiger partial charge >= 0.3 is 0 Å². The van der Waals surface area contributed by atoms with E-state index >= 15 is 0 Å². The minimum absolute atomic E-state index is 0.264. The fourth-order valence-corrected chi connectivity index (χ4v) is 4.67. The van der Waals surface area contributed by atoms with Crippen molar-refractivity contribution in [3.63, 3.8) is 0 Å². The van der Waals surface area contributed by atoms with Crippen molar-refractivity contribution in [2.24, 2.45) is 11.3 Å². The second-order valence-electron chi connectivity index (χ2n) is 8.34. The topological polar surface area (TPSA) is 42.0 Å². The van der Waals surface area contributed by atoms with Crippen LogP contribution in [0.4, 0.5) is 4.39 Å². The molecule has 1 atom stereocenters. The number of hydrogen-bond donors (Lipinski definition) is 0. The fourth-order valence-electron chi connectivity index (χ4n) is 4.67. The Morgan fingerprint density at radius 2 is 1.89 bits per heavy atom. The van der Waals surface area contributed by atoms with Gasteiger partial charge in [0.2, 0.25) is 5.91 Å². The molecule has 1 amide bonds. The van der Waals surface area contributed by atoms with Crippen molar-refractivity contribution in [2.45, 2.75) is 38.6 Å². The lowest BCUT2D eigenvalue weighted by Gasteiger charge is -2.39. The van der Waals surface area contributed by atoms with E-state index in [9.17, 15) is 9.18 Å². The summed E-state index contributed by atoms with van der Waals surface area (Å²) in [5.41, 5.74) is 0.322. The summed E-state index contributed by atoms with van der Waals surface area (Å²) in [4.78, 5) is 17.5. The molecule has 0 N–H and O–H groups in total. The molecule has 1 aromatic carbocycles. The molecule has 1 saturated carbocycles. The molecule has 3 aliphatic rings. The third-order valence-corrected chi connectivity index (χ3v) is 6.38. The first-order chi connectivity index (χ1) is 13.0. The van der Waals surface area contributed by atoms with Crippen LogP contribution in [0.15, 0.2) is 12.1 Å². The quantitative estimate of drug-likeness (QED) is 0.765. The Bertz CT molecular complexity index is 722. The van der Waals surface area contributed by atoms with Gasteiger partial charge in [-0.2, -0.15) is 0 Å². The van der Waals surface area contributed by atoms with Gasteiger partial charge in [-0.1, -0.05) is 0 Å². The Morgan fingerprint density at radius 1 is 1.15 bits per heavy atom. The fraction of sp³-hybridized carbons (Fsp3) is 0.667. The summed E-state index contributed by atoms with van der Waals surface area (Å²) in [5.74, 6) is 1.69. The Labute approximate surface area is 160 Å². The predicted molar refractivity (Wildman–Crippen MR) is 100 cm³/mol. The number of carbonyl (C=O) groups is 1. The number of halogens is 1. The summed E-state index contributed by atoms with van der Waals surface area (Å²) in [6, 6.07) is 3.09. The van der Waals surface area contributed by atoms with Crippen molar-refractivity contribution >= 4 is 5.91 Å². The first kappa shape index (κ1) is 18.5. The number of methoxy groups -OCH3 is 2. The molecule has 1 aromatic rings. The van der Waals surface area contributed by atoms with Crippen molar-refractivity contribution in [3.05, 3.63) is 23.5 Å². The van der Waals surface area contributed by atoms with Gasteiger partial charge in [0.15, 0.2) is 11.5 Å². The molecular weight excluding hydrogens is 347 g/mol. The average Bonchev–Trinajstić information content (AvgIpc) is 3.40. The van der Waals surface area contributed by atoms with Crippen LogP contribution in [0.5, 0.6) is 11.5 Å². The van der Waals surface area contributed by atoms with Crippen molar-refractivity contribution in [3.8, 4) is 11.5 Å². The summed E-state index contributed by atoms with van der Waals surface area (Å²) >= 11 is 0. The number of hydrogen-bond acceptors (Lipinski definition) is 4. The molecular formula is C21H29FN2O3. The third kappa shape index (κ3) is 3.64. The van der Waals surface area contributed by atoms with Gasteiger partial charge in [-0.3, -0.25) is 9.69 Å². The smallest absolute Gasteiger partial charge is 0.230 e. The molecule has 0 radical (unpaired) electrons. The summed E-state index contributed by atoms with van der Waals surface area (Å²) in [6.07, 6.45) is 5.44. The molecule has 4 rings (SSSR count). The number of ether oxygens (including phenoxy) is 2. The normalized spacial score (nSPS) is 26.0. The summed E-state index contributed by atoms with van der Waals surface area (Å²) in [5, 5.41) is 0. The highest BCUT2D eigenvalue weighted by molar-refractivity contribution is 5.84. The van der Waals surface area contributed by atoms with Crippen LogP contribution in [0, 0.1) is 17.2 Å². The standard InChI is InChI=1S/C21H29FN2O3/c1-26-18-10-16(17(22)11-19(18)27-2)13-23-9-7-21(14-23)6-3-8-24(20(21)25)12-15-4-5-15/h10-11,15H,3-9,12-14H2,1-2H3/t21-/m0/s1. The van der Waals surface area contributed by atoms with E-state index in [1.54, 1.807) is 13.2 Å². The number of likely N-dealkylation sites (tertiary alicyclic amines) is 2. The van der Waals surface area contributed by atoms with Crippen LogP contribution in [-0.4, -0.2) is 56.1 Å². The summed E-state index contributed by atoms with van der Waals surface area (Å²) < 4.78 is 25.0. The largest absolute Gasteiger partial charge is 0.493 e. The van der Waals surface area contributed by atoms with Gasteiger partial charge in [0.05, 0.1) is 19.6 Å². The van der Waals surface area contributed by atoms with E-state index in [1.165, 1.54) is 26.0 Å². The highest BCUT2D eigenvalue weighted by Gasteiger charge is 2.48. The molecule has 2 heterocycles.